The molecule has 0 spiro atoms. The van der Waals surface area contributed by atoms with Crippen LogP contribution < -0.4 is 4.74 Å². The molecule has 0 radical (unpaired) electrons. The van der Waals surface area contributed by atoms with Crippen LogP contribution in [0, 0.1) is 11.3 Å². The van der Waals surface area contributed by atoms with Crippen LogP contribution in [0.3, 0.4) is 0 Å². The predicted octanol–water partition coefficient (Wildman–Crippen LogP) is 3.58. The Bertz CT molecular complexity index is 707. The molecule has 0 aromatic heterocycles. The van der Waals surface area contributed by atoms with Gasteiger partial charge in [0.05, 0.1) is 29.3 Å². The fourth-order valence-corrected chi connectivity index (χ4v) is 2.03. The summed E-state index contributed by atoms with van der Waals surface area (Å²) >= 11 is 6.04. The van der Waals surface area contributed by atoms with E-state index < -0.39 is 5.97 Å². The first-order valence-corrected chi connectivity index (χ1v) is 6.52. The van der Waals surface area contributed by atoms with Crippen molar-refractivity contribution in [2.75, 3.05) is 7.11 Å². The number of esters is 1. The smallest absolute Gasteiger partial charge is 0.338 e. The van der Waals surface area contributed by atoms with Gasteiger partial charge in [0.25, 0.3) is 0 Å². The third-order valence-corrected chi connectivity index (χ3v) is 3.16. The van der Waals surface area contributed by atoms with Crippen molar-refractivity contribution in [1.82, 2.24) is 0 Å². The summed E-state index contributed by atoms with van der Waals surface area (Å²) in [4.78, 5) is 11.7. The first-order chi connectivity index (χ1) is 10.2. The SMILES string of the molecule is COC(=O)c1ccccc1COc1ccc(C#N)cc1Cl. The molecule has 0 saturated heterocycles. The number of hydrogen-bond donors (Lipinski definition) is 0. The molecule has 0 aliphatic carbocycles. The van der Waals surface area contributed by atoms with E-state index in [1.54, 1.807) is 30.3 Å². The van der Waals surface area contributed by atoms with Gasteiger partial charge >= 0.3 is 5.97 Å². The molecule has 5 heteroatoms. The molecular formula is C16H12ClNO3. The Hall–Kier alpha value is -2.51. The summed E-state index contributed by atoms with van der Waals surface area (Å²) in [5.74, 6) is 0.0375. The number of nitriles is 1. The molecular weight excluding hydrogens is 290 g/mol. The lowest BCUT2D eigenvalue weighted by Gasteiger charge is -2.11. The van der Waals surface area contributed by atoms with Crippen LogP contribution >= 0.6 is 11.6 Å². The maximum Gasteiger partial charge on any atom is 0.338 e. The monoisotopic (exact) mass is 301 g/mol. The molecule has 0 N–H and O–H groups in total. The van der Waals surface area contributed by atoms with Crippen molar-refractivity contribution in [3.63, 3.8) is 0 Å². The highest BCUT2D eigenvalue weighted by molar-refractivity contribution is 6.32. The van der Waals surface area contributed by atoms with Crippen LogP contribution in [0.25, 0.3) is 0 Å². The van der Waals surface area contributed by atoms with Crippen molar-refractivity contribution in [2.45, 2.75) is 6.61 Å². The van der Waals surface area contributed by atoms with Gasteiger partial charge < -0.3 is 9.47 Å². The number of carbonyl (C=O) groups excluding carboxylic acids is 1. The first kappa shape index (κ1) is 14.9. The Kier molecular flexibility index (Phi) is 4.81. The number of benzene rings is 2. The largest absolute Gasteiger partial charge is 0.487 e. The Labute approximate surface area is 127 Å². The van der Waals surface area contributed by atoms with Crippen LogP contribution in [0.1, 0.15) is 21.5 Å². The lowest BCUT2D eigenvalue weighted by molar-refractivity contribution is 0.0597. The predicted molar refractivity (Wildman–Crippen MR) is 78.3 cm³/mol. The van der Waals surface area contributed by atoms with E-state index in [2.05, 4.69) is 0 Å². The molecule has 0 saturated carbocycles. The van der Waals surface area contributed by atoms with Crippen molar-refractivity contribution in [2.24, 2.45) is 0 Å². The van der Waals surface area contributed by atoms with Gasteiger partial charge in [0.1, 0.15) is 12.4 Å². The zero-order valence-corrected chi connectivity index (χ0v) is 12.1. The van der Waals surface area contributed by atoms with Crippen molar-refractivity contribution < 1.29 is 14.3 Å². The molecule has 21 heavy (non-hydrogen) atoms. The number of rotatable bonds is 4. The maximum atomic E-state index is 11.7. The van der Waals surface area contributed by atoms with E-state index in [0.717, 1.165) is 0 Å². The highest BCUT2D eigenvalue weighted by atomic mass is 35.5. The van der Waals surface area contributed by atoms with Crippen LogP contribution in [-0.2, 0) is 11.3 Å². The van der Waals surface area contributed by atoms with Gasteiger partial charge in [-0.2, -0.15) is 5.26 Å². The van der Waals surface area contributed by atoms with Gasteiger partial charge in [-0.3, -0.25) is 0 Å². The summed E-state index contributed by atoms with van der Waals surface area (Å²) in [6.45, 7) is 0.177. The van der Waals surface area contributed by atoms with Crippen LogP contribution in [0.5, 0.6) is 5.75 Å². The van der Waals surface area contributed by atoms with Crippen LogP contribution in [0.4, 0.5) is 0 Å². The van der Waals surface area contributed by atoms with E-state index in [0.29, 0.717) is 27.5 Å². The first-order valence-electron chi connectivity index (χ1n) is 6.14. The van der Waals surface area contributed by atoms with E-state index in [1.165, 1.54) is 13.2 Å². The molecule has 106 valence electrons. The van der Waals surface area contributed by atoms with Crippen LogP contribution in [0.15, 0.2) is 42.5 Å². The molecule has 0 heterocycles. The minimum absolute atomic E-state index is 0.177. The minimum Gasteiger partial charge on any atom is -0.487 e. The number of halogens is 1. The molecule has 0 fully saturated rings. The van der Waals surface area contributed by atoms with Gasteiger partial charge in [-0.05, 0) is 24.3 Å². The highest BCUT2D eigenvalue weighted by Gasteiger charge is 2.12. The highest BCUT2D eigenvalue weighted by Crippen LogP contribution is 2.26. The second-order valence-electron chi connectivity index (χ2n) is 4.19. The molecule has 2 rings (SSSR count). The average molecular weight is 302 g/mol. The summed E-state index contributed by atoms with van der Waals surface area (Å²) in [6, 6.07) is 13.8. The molecule has 0 amide bonds. The fourth-order valence-electron chi connectivity index (χ4n) is 1.80. The van der Waals surface area contributed by atoms with E-state index >= 15 is 0 Å². The summed E-state index contributed by atoms with van der Waals surface area (Å²) in [5.41, 5.74) is 1.61. The number of nitrogens with zero attached hydrogens (tertiary/aromatic N) is 1. The standard InChI is InChI=1S/C16H12ClNO3/c1-20-16(19)13-5-3-2-4-12(13)10-21-15-7-6-11(9-18)8-14(15)17/h2-8H,10H2,1H3. The maximum absolute atomic E-state index is 11.7. The van der Waals surface area contributed by atoms with E-state index in [4.69, 9.17) is 26.3 Å². The third-order valence-electron chi connectivity index (χ3n) is 2.87. The molecule has 2 aromatic rings. The number of methoxy groups -OCH3 is 1. The molecule has 0 atom stereocenters. The Morgan fingerprint density at radius 2 is 2.05 bits per heavy atom. The lowest BCUT2D eigenvalue weighted by Crippen LogP contribution is -2.07. The van der Waals surface area contributed by atoms with Crippen molar-refractivity contribution in [1.29, 1.82) is 5.26 Å². The minimum atomic E-state index is -0.417. The van der Waals surface area contributed by atoms with Gasteiger partial charge in [-0.1, -0.05) is 29.8 Å². The van der Waals surface area contributed by atoms with Gasteiger partial charge in [-0.25, -0.2) is 4.79 Å². The van der Waals surface area contributed by atoms with Gasteiger partial charge in [0, 0.05) is 5.56 Å². The summed E-state index contributed by atoms with van der Waals surface area (Å²) in [7, 11) is 1.33. The van der Waals surface area contributed by atoms with Crippen molar-refractivity contribution >= 4 is 17.6 Å². The van der Waals surface area contributed by atoms with Crippen LogP contribution in [0.2, 0.25) is 5.02 Å². The zero-order valence-electron chi connectivity index (χ0n) is 11.3. The molecule has 0 bridgehead atoms. The van der Waals surface area contributed by atoms with Gasteiger partial charge in [0.2, 0.25) is 0 Å². The molecule has 4 nitrogen and oxygen atoms in total. The second-order valence-corrected chi connectivity index (χ2v) is 4.60. The van der Waals surface area contributed by atoms with Gasteiger partial charge in [0.15, 0.2) is 0 Å². The van der Waals surface area contributed by atoms with Crippen molar-refractivity contribution in [3.05, 3.63) is 64.2 Å². The van der Waals surface area contributed by atoms with E-state index in [1.807, 2.05) is 12.1 Å². The molecule has 0 unspecified atom stereocenters. The quantitative estimate of drug-likeness (QED) is 0.810. The van der Waals surface area contributed by atoms with Crippen LogP contribution in [-0.4, -0.2) is 13.1 Å². The zero-order chi connectivity index (χ0) is 15.2. The summed E-state index contributed by atoms with van der Waals surface area (Å²) in [5, 5.41) is 9.14. The number of hydrogen-bond acceptors (Lipinski definition) is 4. The Balaban J connectivity index is 2.17. The average Bonchev–Trinajstić information content (AvgIpc) is 2.53. The number of carbonyl (C=O) groups is 1. The Morgan fingerprint density at radius 1 is 1.29 bits per heavy atom. The summed E-state index contributed by atoms with van der Waals surface area (Å²) in [6.07, 6.45) is 0. The van der Waals surface area contributed by atoms with Gasteiger partial charge in [-0.15, -0.1) is 0 Å². The number of ether oxygens (including phenoxy) is 2. The Morgan fingerprint density at radius 3 is 2.71 bits per heavy atom. The normalized spacial score (nSPS) is 9.76. The third kappa shape index (κ3) is 3.53. The molecule has 0 aliphatic rings. The van der Waals surface area contributed by atoms with Crippen molar-refractivity contribution in [3.8, 4) is 11.8 Å². The molecule has 0 aliphatic heterocycles. The van der Waals surface area contributed by atoms with E-state index in [-0.39, 0.29) is 6.61 Å². The molecule has 2 aromatic carbocycles. The lowest BCUT2D eigenvalue weighted by atomic mass is 10.1. The fraction of sp³-hybridized carbons (Fsp3) is 0.125. The summed E-state index contributed by atoms with van der Waals surface area (Å²) < 4.78 is 10.3. The topological polar surface area (TPSA) is 59.3 Å². The second kappa shape index (κ2) is 6.78. The van der Waals surface area contributed by atoms with E-state index in [9.17, 15) is 4.79 Å².